The molecule has 0 bridgehead atoms. The van der Waals surface area contributed by atoms with E-state index >= 15 is 0 Å². The number of alkyl halides is 1. The summed E-state index contributed by atoms with van der Waals surface area (Å²) in [6.45, 7) is 2.13. The third kappa shape index (κ3) is 2.08. The molecule has 1 aliphatic carbocycles. The van der Waals surface area contributed by atoms with Crippen LogP contribution in [0.2, 0.25) is 3.46 Å². The Balaban J connectivity index is 1.86. The molecule has 0 spiro atoms. The Kier molecular flexibility index (Phi) is 4.21. The van der Waals surface area contributed by atoms with Crippen LogP contribution in [0.15, 0.2) is 21.3 Å². The van der Waals surface area contributed by atoms with Crippen LogP contribution in [0.4, 0.5) is 0 Å². The van der Waals surface area contributed by atoms with Crippen LogP contribution >= 0.6 is 11.6 Å². The number of carbonyl (C=O) groups is 1. The van der Waals surface area contributed by atoms with E-state index in [1.54, 1.807) is 0 Å². The Morgan fingerprint density at radius 2 is 2.45 bits per heavy atom. The first-order chi connectivity index (χ1) is 9.61. The Hall–Kier alpha value is -0.0104. The number of allylic oxidation sites excluding steroid dienone is 2. The van der Waals surface area contributed by atoms with E-state index in [2.05, 4.69) is 24.4 Å². The monoisotopic (exact) mass is 411 g/mol. The van der Waals surface area contributed by atoms with Crippen molar-refractivity contribution >= 4 is 38.4 Å². The summed E-state index contributed by atoms with van der Waals surface area (Å²) in [7, 11) is 0. The first-order valence-electron chi connectivity index (χ1n) is 7.21. The number of β-lactam (4-membered cyclic amide) rings is 1. The number of aliphatic hydroxyl groups is 1. The summed E-state index contributed by atoms with van der Waals surface area (Å²) in [6, 6.07) is 0.0569. The van der Waals surface area contributed by atoms with Gasteiger partial charge < -0.3 is 0 Å². The molecule has 0 saturated carbocycles. The van der Waals surface area contributed by atoms with Crippen LogP contribution in [0.25, 0.3) is 0 Å². The molecular formula is C15H20ClNO2Te. The second-order valence-electron chi connectivity index (χ2n) is 5.79. The number of fused-ring (bicyclic) bond motifs is 1. The minimum absolute atomic E-state index is 0.0569. The molecule has 1 fully saturated rings. The van der Waals surface area contributed by atoms with Gasteiger partial charge in [0.05, 0.1) is 0 Å². The van der Waals surface area contributed by atoms with Crippen molar-refractivity contribution in [3.05, 3.63) is 21.3 Å². The van der Waals surface area contributed by atoms with Gasteiger partial charge >= 0.3 is 135 Å². The molecule has 2 N–H and O–H groups in total. The van der Waals surface area contributed by atoms with Gasteiger partial charge in [0.25, 0.3) is 0 Å². The summed E-state index contributed by atoms with van der Waals surface area (Å²) >= 11 is 5.22. The van der Waals surface area contributed by atoms with Crippen molar-refractivity contribution in [1.82, 2.24) is 5.32 Å². The van der Waals surface area contributed by atoms with Crippen LogP contribution in [0.3, 0.4) is 0 Å². The molecule has 3 nitrogen and oxygen atoms in total. The molecule has 20 heavy (non-hydrogen) atoms. The first-order valence-corrected chi connectivity index (χ1v) is 10.1. The molecule has 2 heterocycles. The predicted molar refractivity (Wildman–Crippen MR) is 80.9 cm³/mol. The molecule has 110 valence electrons. The third-order valence-electron chi connectivity index (χ3n) is 4.68. The van der Waals surface area contributed by atoms with Gasteiger partial charge in [-0.2, -0.15) is 0 Å². The molecule has 4 atom stereocenters. The van der Waals surface area contributed by atoms with Crippen LogP contribution in [0, 0.1) is 5.92 Å². The number of hydrogen-bond donors (Lipinski definition) is 2. The molecule has 3 rings (SSSR count). The summed E-state index contributed by atoms with van der Waals surface area (Å²) in [5, 5.41) is 13.9. The quantitative estimate of drug-likeness (QED) is 0.323. The van der Waals surface area contributed by atoms with Gasteiger partial charge in [-0.15, -0.1) is 0 Å². The van der Waals surface area contributed by atoms with Gasteiger partial charge in [-0.3, -0.25) is 0 Å². The van der Waals surface area contributed by atoms with Crippen LogP contribution in [-0.4, -0.2) is 50.0 Å². The molecule has 0 aromatic rings. The van der Waals surface area contributed by atoms with Crippen molar-refractivity contribution in [2.45, 2.75) is 48.2 Å². The van der Waals surface area contributed by atoms with Gasteiger partial charge in [-0.25, -0.2) is 0 Å². The van der Waals surface area contributed by atoms with Gasteiger partial charge in [0, 0.05) is 0 Å². The number of rotatable bonds is 4. The maximum atomic E-state index is 12.3. The van der Waals surface area contributed by atoms with E-state index in [9.17, 15) is 9.90 Å². The van der Waals surface area contributed by atoms with E-state index in [1.807, 2.05) is 0 Å². The molecule has 0 radical (unpaired) electrons. The summed E-state index contributed by atoms with van der Waals surface area (Å²) in [5.74, 6) is 0.799. The number of aliphatic hydroxyl groups excluding tert-OH is 1. The first kappa shape index (κ1) is 14.9. The Bertz CT molecular complexity index is 490. The molecule has 1 saturated heterocycles. The fraction of sp³-hybridized carbons (Fsp3) is 0.667. The van der Waals surface area contributed by atoms with E-state index < -0.39 is 30.5 Å². The van der Waals surface area contributed by atoms with Gasteiger partial charge in [0.1, 0.15) is 0 Å². The molecule has 0 aromatic carbocycles. The fourth-order valence-electron chi connectivity index (χ4n) is 3.59. The minimum atomic E-state index is -0.666. The summed E-state index contributed by atoms with van der Waals surface area (Å²) < 4.78 is 0.862. The zero-order chi connectivity index (χ0) is 14.3. The van der Waals surface area contributed by atoms with Crippen molar-refractivity contribution in [2.24, 2.45) is 5.92 Å². The van der Waals surface area contributed by atoms with E-state index in [0.29, 0.717) is 5.88 Å². The van der Waals surface area contributed by atoms with Crippen molar-refractivity contribution in [2.75, 3.05) is 5.88 Å². The van der Waals surface area contributed by atoms with E-state index in [0.717, 1.165) is 25.7 Å². The fourth-order valence-corrected chi connectivity index (χ4v) is 8.42. The molecule has 1 amide bonds. The second kappa shape index (κ2) is 5.65. The number of amides is 1. The average Bonchev–Trinajstić information content (AvgIpc) is 2.69. The summed E-state index contributed by atoms with van der Waals surface area (Å²) in [4.78, 5) is 12.3. The zero-order valence-electron chi connectivity index (χ0n) is 11.6. The van der Waals surface area contributed by atoms with Gasteiger partial charge in [0.2, 0.25) is 0 Å². The maximum absolute atomic E-state index is 12.3. The van der Waals surface area contributed by atoms with Crippen molar-refractivity contribution in [1.29, 1.82) is 0 Å². The molecule has 0 aromatic heterocycles. The van der Waals surface area contributed by atoms with Gasteiger partial charge in [-0.1, -0.05) is 0 Å². The summed E-state index contributed by atoms with van der Waals surface area (Å²) in [5.41, 5.74) is 1.29. The van der Waals surface area contributed by atoms with Crippen molar-refractivity contribution < 1.29 is 9.90 Å². The average molecular weight is 409 g/mol. The van der Waals surface area contributed by atoms with Crippen molar-refractivity contribution in [3.63, 3.8) is 0 Å². The third-order valence-corrected chi connectivity index (χ3v) is 9.35. The number of hydrogen-bond acceptors (Lipinski definition) is 2. The predicted octanol–water partition coefficient (Wildman–Crippen LogP) is 1.98. The standard InChI is InChI=1S/C15H20ClNO2Te/c1-9-11(7-8-16)12-15(20-9,14(19)17-12)13(18)10-5-3-2-4-6-10/h3,5,10,12-13,18H,2,4,6-8H2,1H3,(H,17,19)/t10-,12-,13-,15-/m0/s1. The van der Waals surface area contributed by atoms with E-state index in [1.165, 1.54) is 9.19 Å². The van der Waals surface area contributed by atoms with E-state index in [4.69, 9.17) is 11.6 Å². The van der Waals surface area contributed by atoms with E-state index in [-0.39, 0.29) is 17.9 Å². The molecular weight excluding hydrogens is 389 g/mol. The van der Waals surface area contributed by atoms with Crippen LogP contribution < -0.4 is 5.32 Å². The molecule has 5 heteroatoms. The number of nitrogens with one attached hydrogen (secondary N) is 1. The van der Waals surface area contributed by atoms with Crippen LogP contribution in [-0.2, 0) is 4.79 Å². The second-order valence-corrected chi connectivity index (χ2v) is 10.4. The van der Waals surface area contributed by atoms with Crippen molar-refractivity contribution in [3.8, 4) is 0 Å². The topological polar surface area (TPSA) is 49.3 Å². The number of halogens is 1. The molecule has 0 unspecified atom stereocenters. The van der Waals surface area contributed by atoms with Crippen LogP contribution in [0.5, 0.6) is 0 Å². The Morgan fingerprint density at radius 3 is 3.05 bits per heavy atom. The Labute approximate surface area is 134 Å². The number of carbonyl (C=O) groups excluding carboxylic acids is 1. The molecule has 3 aliphatic rings. The summed E-state index contributed by atoms with van der Waals surface area (Å²) in [6.07, 6.45) is 7.78. The SMILES string of the molecule is CC1=C(CCCl)[C@@H]2NC(=O)[C@]2([C@@H](O)[C@H]2C=CCCC2)[Te]1. The van der Waals surface area contributed by atoms with Gasteiger partial charge in [-0.05, 0) is 0 Å². The Morgan fingerprint density at radius 1 is 1.65 bits per heavy atom. The normalized spacial score (nSPS) is 37.5. The molecule has 2 aliphatic heterocycles. The van der Waals surface area contributed by atoms with Gasteiger partial charge in [0.15, 0.2) is 0 Å². The van der Waals surface area contributed by atoms with Crippen LogP contribution in [0.1, 0.15) is 32.6 Å². The zero-order valence-corrected chi connectivity index (χ0v) is 14.7.